The van der Waals surface area contributed by atoms with Crippen LogP contribution in [0.15, 0.2) is 40.5 Å². The lowest BCUT2D eigenvalue weighted by Crippen LogP contribution is -2.63. The maximum absolute atomic E-state index is 13.3. The number of aliphatic imine (C=N–C) groups is 1. The number of likely N-dealkylation sites (tertiary alicyclic amines) is 1. The van der Waals surface area contributed by atoms with Gasteiger partial charge in [-0.2, -0.15) is 0 Å². The van der Waals surface area contributed by atoms with Gasteiger partial charge in [-0.1, -0.05) is 24.1 Å². The van der Waals surface area contributed by atoms with E-state index in [0.717, 1.165) is 11.3 Å². The summed E-state index contributed by atoms with van der Waals surface area (Å²) in [4.78, 5) is 48.0. The molecule has 4 rings (SSSR count). The first-order chi connectivity index (χ1) is 17.8. The highest BCUT2D eigenvalue weighted by Gasteiger charge is 2.63. The van der Waals surface area contributed by atoms with Crippen LogP contribution in [-0.2, 0) is 34.0 Å². The third-order valence-electron chi connectivity index (χ3n) is 7.10. The molecule has 9 nitrogen and oxygen atoms in total. The SMILES string of the molecule is CC#CCN1c2ccccc2C23CCC(=O)N(CCCOC(C)C)C2=NC(C(=O)OC)=C(C(=O)OC)C13. The van der Waals surface area contributed by atoms with Crippen molar-refractivity contribution in [3.8, 4) is 11.8 Å². The lowest BCUT2D eigenvalue weighted by atomic mass is 9.65. The third-order valence-corrected chi connectivity index (χ3v) is 7.10. The molecule has 1 saturated heterocycles. The Hall–Kier alpha value is -3.64. The number of carbonyl (C=O) groups excluding carboxylic acids is 3. The number of methoxy groups -OCH3 is 2. The van der Waals surface area contributed by atoms with Crippen LogP contribution in [0.2, 0.25) is 0 Å². The molecule has 2 atom stereocenters. The van der Waals surface area contributed by atoms with E-state index in [4.69, 9.17) is 19.2 Å². The van der Waals surface area contributed by atoms with Crippen LogP contribution in [-0.4, -0.2) is 74.6 Å². The largest absolute Gasteiger partial charge is 0.466 e. The van der Waals surface area contributed by atoms with Crippen LogP contribution in [0.1, 0.15) is 45.6 Å². The summed E-state index contributed by atoms with van der Waals surface area (Å²) in [6.07, 6.45) is 1.36. The molecule has 0 radical (unpaired) electrons. The van der Waals surface area contributed by atoms with Crippen LogP contribution in [0, 0.1) is 11.8 Å². The Labute approximate surface area is 217 Å². The second-order valence-corrected chi connectivity index (χ2v) is 9.45. The highest BCUT2D eigenvalue weighted by molar-refractivity contribution is 6.15. The highest BCUT2D eigenvalue weighted by atomic mass is 16.5. The van der Waals surface area contributed by atoms with E-state index in [-0.39, 0.29) is 29.7 Å². The van der Waals surface area contributed by atoms with Crippen molar-refractivity contribution in [2.24, 2.45) is 4.99 Å². The Morgan fingerprint density at radius 2 is 1.92 bits per heavy atom. The number of piperidine rings is 1. The summed E-state index contributed by atoms with van der Waals surface area (Å²) in [7, 11) is 2.52. The minimum atomic E-state index is -0.847. The van der Waals surface area contributed by atoms with Gasteiger partial charge in [0.1, 0.15) is 5.84 Å². The highest BCUT2D eigenvalue weighted by Crippen LogP contribution is 2.55. The predicted molar refractivity (Wildman–Crippen MR) is 138 cm³/mol. The zero-order chi connectivity index (χ0) is 26.7. The van der Waals surface area contributed by atoms with Crippen LogP contribution in [0.3, 0.4) is 0 Å². The zero-order valence-corrected chi connectivity index (χ0v) is 22.0. The van der Waals surface area contributed by atoms with E-state index < -0.39 is 23.4 Å². The van der Waals surface area contributed by atoms with E-state index in [0.29, 0.717) is 38.4 Å². The molecule has 0 bridgehead atoms. The smallest absolute Gasteiger partial charge is 0.357 e. The zero-order valence-electron chi connectivity index (χ0n) is 22.0. The van der Waals surface area contributed by atoms with Crippen molar-refractivity contribution in [1.29, 1.82) is 0 Å². The molecule has 0 saturated carbocycles. The molecule has 1 spiro atoms. The molecule has 3 aliphatic rings. The third kappa shape index (κ3) is 4.40. The van der Waals surface area contributed by atoms with Gasteiger partial charge in [0.2, 0.25) is 5.91 Å². The number of anilines is 1. The van der Waals surface area contributed by atoms with Gasteiger partial charge < -0.3 is 19.1 Å². The average Bonchev–Trinajstić information content (AvgIpc) is 3.18. The minimum absolute atomic E-state index is 0.0752. The molecule has 3 heterocycles. The molecular weight excluding hydrogens is 474 g/mol. The van der Waals surface area contributed by atoms with Gasteiger partial charge in [0.25, 0.3) is 0 Å². The Balaban J connectivity index is 1.96. The molecule has 1 aromatic carbocycles. The van der Waals surface area contributed by atoms with E-state index in [1.54, 1.807) is 11.8 Å². The summed E-state index contributed by atoms with van der Waals surface area (Å²) in [6.45, 7) is 6.84. The molecular formula is C28H33N3O6. The number of fused-ring (bicyclic) bond motifs is 1. The fourth-order valence-electron chi connectivity index (χ4n) is 5.62. The number of amidine groups is 1. The maximum atomic E-state index is 13.3. The monoisotopic (exact) mass is 507 g/mol. The quantitative estimate of drug-likeness (QED) is 0.303. The van der Waals surface area contributed by atoms with Crippen molar-refractivity contribution < 1.29 is 28.6 Å². The summed E-state index contributed by atoms with van der Waals surface area (Å²) in [6, 6.07) is 7.19. The molecule has 0 aliphatic carbocycles. The number of rotatable bonds is 8. The van der Waals surface area contributed by atoms with E-state index >= 15 is 0 Å². The molecule has 3 aliphatic heterocycles. The van der Waals surface area contributed by atoms with E-state index in [1.165, 1.54) is 14.2 Å². The first kappa shape index (κ1) is 26.4. The summed E-state index contributed by atoms with van der Waals surface area (Å²) in [5.41, 5.74) is 0.945. The number of carbonyl (C=O) groups is 3. The molecule has 37 heavy (non-hydrogen) atoms. The van der Waals surface area contributed by atoms with Crippen LogP contribution in [0.4, 0.5) is 5.69 Å². The molecule has 1 aromatic rings. The molecule has 196 valence electrons. The van der Waals surface area contributed by atoms with Crippen molar-refractivity contribution in [1.82, 2.24) is 4.90 Å². The Morgan fingerprint density at radius 3 is 2.59 bits per heavy atom. The van der Waals surface area contributed by atoms with Gasteiger partial charge in [-0.3, -0.25) is 9.69 Å². The summed E-state index contributed by atoms with van der Waals surface area (Å²) < 4.78 is 15.9. The molecule has 9 heteroatoms. The van der Waals surface area contributed by atoms with Gasteiger partial charge in [0.15, 0.2) is 5.70 Å². The molecule has 0 aromatic heterocycles. The Morgan fingerprint density at radius 1 is 1.19 bits per heavy atom. The second-order valence-electron chi connectivity index (χ2n) is 9.45. The fraction of sp³-hybridized carbons (Fsp3) is 0.500. The van der Waals surface area contributed by atoms with E-state index in [2.05, 4.69) is 11.8 Å². The van der Waals surface area contributed by atoms with Gasteiger partial charge in [-0.25, -0.2) is 14.6 Å². The summed E-state index contributed by atoms with van der Waals surface area (Å²) in [5, 5.41) is 0. The molecule has 1 fully saturated rings. The van der Waals surface area contributed by atoms with Crippen molar-refractivity contribution in [2.75, 3.05) is 38.8 Å². The van der Waals surface area contributed by atoms with E-state index in [9.17, 15) is 14.4 Å². The first-order valence-corrected chi connectivity index (χ1v) is 12.5. The van der Waals surface area contributed by atoms with Gasteiger partial charge in [-0.15, -0.1) is 5.92 Å². The summed E-state index contributed by atoms with van der Waals surface area (Å²) in [5.74, 6) is 4.98. The van der Waals surface area contributed by atoms with Crippen LogP contribution < -0.4 is 4.90 Å². The van der Waals surface area contributed by atoms with Gasteiger partial charge in [-0.05, 0) is 45.2 Å². The minimum Gasteiger partial charge on any atom is -0.466 e. The standard InChI is InChI=1S/C28H33N3O6/c1-6-7-15-30-20-12-9-8-11-19(20)28-14-13-21(32)31(16-10-17-37-18(2)3)27(28)29-23(26(34)36-5)22(24(28)30)25(33)35-4/h8-9,11-12,18,24H,10,13-17H2,1-5H3. The second kappa shape index (κ2) is 10.8. The van der Waals surface area contributed by atoms with E-state index in [1.807, 2.05) is 43.0 Å². The number of esters is 2. The number of amides is 1. The number of nitrogens with zero attached hydrogens (tertiary/aromatic N) is 3. The van der Waals surface area contributed by atoms with Crippen LogP contribution >= 0.6 is 0 Å². The fourth-order valence-corrected chi connectivity index (χ4v) is 5.62. The van der Waals surface area contributed by atoms with Crippen molar-refractivity contribution in [2.45, 2.75) is 57.6 Å². The van der Waals surface area contributed by atoms with Crippen LogP contribution in [0.25, 0.3) is 0 Å². The lowest BCUT2D eigenvalue weighted by Gasteiger charge is -2.48. The topological polar surface area (TPSA) is 97.7 Å². The van der Waals surface area contributed by atoms with Gasteiger partial charge >= 0.3 is 11.9 Å². The van der Waals surface area contributed by atoms with Gasteiger partial charge in [0.05, 0.1) is 43.9 Å². The van der Waals surface area contributed by atoms with Crippen LogP contribution in [0.5, 0.6) is 0 Å². The van der Waals surface area contributed by atoms with Crippen molar-refractivity contribution in [3.05, 3.63) is 41.1 Å². The summed E-state index contributed by atoms with van der Waals surface area (Å²) >= 11 is 0. The number of hydrogen-bond acceptors (Lipinski definition) is 8. The van der Waals surface area contributed by atoms with Crippen molar-refractivity contribution >= 4 is 29.4 Å². The normalized spacial score (nSPS) is 22.1. The number of benzene rings is 1. The molecule has 0 N–H and O–H groups in total. The Bertz CT molecular complexity index is 1220. The number of ether oxygens (including phenoxy) is 3. The number of hydrogen-bond donors (Lipinski definition) is 0. The molecule has 1 amide bonds. The lowest BCUT2D eigenvalue weighted by molar-refractivity contribution is -0.140. The number of para-hydroxylation sites is 1. The maximum Gasteiger partial charge on any atom is 0.357 e. The predicted octanol–water partition coefficient (Wildman–Crippen LogP) is 2.59. The molecule has 2 unspecified atom stereocenters. The van der Waals surface area contributed by atoms with Gasteiger partial charge in [0, 0.05) is 25.3 Å². The van der Waals surface area contributed by atoms with Crippen molar-refractivity contribution in [3.63, 3.8) is 0 Å². The average molecular weight is 508 g/mol. The Kier molecular flexibility index (Phi) is 7.69. The first-order valence-electron chi connectivity index (χ1n) is 12.5.